The van der Waals surface area contributed by atoms with E-state index in [-0.39, 0.29) is 10.8 Å². The van der Waals surface area contributed by atoms with Crippen LogP contribution in [0.3, 0.4) is 0 Å². The van der Waals surface area contributed by atoms with Gasteiger partial charge in [-0.1, -0.05) is 42.5 Å². The van der Waals surface area contributed by atoms with Crippen LogP contribution in [0.2, 0.25) is 0 Å². The van der Waals surface area contributed by atoms with E-state index in [0.29, 0.717) is 44.8 Å². The van der Waals surface area contributed by atoms with Crippen molar-refractivity contribution in [2.24, 2.45) is 0 Å². The number of nitrogens with one attached hydrogen (secondary N) is 1. The number of benzene rings is 3. The zero-order valence-electron chi connectivity index (χ0n) is 18.0. The molecule has 1 aliphatic heterocycles. The lowest BCUT2D eigenvalue weighted by Gasteiger charge is -2.15. The van der Waals surface area contributed by atoms with Gasteiger partial charge in [-0.05, 0) is 59.9 Å². The second-order valence-corrected chi connectivity index (χ2v) is 9.86. The van der Waals surface area contributed by atoms with E-state index in [9.17, 15) is 13.2 Å². The first-order chi connectivity index (χ1) is 15.5. The summed E-state index contributed by atoms with van der Waals surface area (Å²) < 4.78 is 32.3. The zero-order valence-corrected chi connectivity index (χ0v) is 18.8. The number of hydrogen-bond donors (Lipinski definition) is 1. The Balaban J connectivity index is 1.21. The molecule has 1 amide bonds. The molecule has 3 aromatic carbocycles. The molecular weight excluding hydrogens is 424 g/mol. The number of fused-ring (bicyclic) bond motifs is 1. The maximum atomic E-state index is 12.6. The lowest BCUT2D eigenvalue weighted by atomic mass is 10.0. The molecule has 0 bridgehead atoms. The third-order valence-electron chi connectivity index (χ3n) is 5.72. The van der Waals surface area contributed by atoms with Crippen LogP contribution in [-0.4, -0.2) is 44.9 Å². The number of rotatable bonds is 9. The molecule has 7 heteroatoms. The predicted octanol–water partition coefficient (Wildman–Crippen LogP) is 3.75. The maximum absolute atomic E-state index is 12.6. The summed E-state index contributed by atoms with van der Waals surface area (Å²) in [7, 11) is -3.41. The summed E-state index contributed by atoms with van der Waals surface area (Å²) in [6, 6.07) is 20.8. The summed E-state index contributed by atoms with van der Waals surface area (Å²) in [4.78, 5) is 12.5. The van der Waals surface area contributed by atoms with Gasteiger partial charge in [-0.25, -0.2) is 8.42 Å². The highest BCUT2D eigenvalue weighted by Crippen LogP contribution is 2.23. The molecule has 3 aromatic rings. The third-order valence-corrected chi connectivity index (χ3v) is 7.63. The summed E-state index contributed by atoms with van der Waals surface area (Å²) in [5.41, 5.74) is 1.17. The fraction of sp³-hybridized carbons (Fsp3) is 0.320. The van der Waals surface area contributed by atoms with Crippen molar-refractivity contribution in [1.29, 1.82) is 0 Å². The average molecular weight is 453 g/mol. The van der Waals surface area contributed by atoms with Crippen molar-refractivity contribution < 1.29 is 17.9 Å². The van der Waals surface area contributed by atoms with E-state index in [1.54, 1.807) is 24.3 Å². The molecule has 0 unspecified atom stereocenters. The van der Waals surface area contributed by atoms with Gasteiger partial charge in [-0.3, -0.25) is 4.79 Å². The maximum Gasteiger partial charge on any atom is 0.243 e. The Hall–Kier alpha value is -2.90. The van der Waals surface area contributed by atoms with Gasteiger partial charge < -0.3 is 10.1 Å². The van der Waals surface area contributed by atoms with E-state index in [2.05, 4.69) is 29.6 Å². The van der Waals surface area contributed by atoms with Crippen LogP contribution >= 0.6 is 0 Å². The van der Waals surface area contributed by atoms with Crippen LogP contribution in [0.15, 0.2) is 71.6 Å². The Kier molecular flexibility index (Phi) is 7.07. The molecule has 0 aliphatic carbocycles. The molecule has 1 saturated heterocycles. The van der Waals surface area contributed by atoms with Crippen molar-refractivity contribution >= 4 is 26.7 Å². The molecule has 0 aromatic heterocycles. The topological polar surface area (TPSA) is 75.7 Å². The highest BCUT2D eigenvalue weighted by atomic mass is 32.2. The minimum atomic E-state index is -3.41. The molecular formula is C25H28N2O4S. The summed E-state index contributed by atoms with van der Waals surface area (Å²) >= 11 is 0. The standard InChI is InChI=1S/C25H28N2O4S/c28-25(15-10-21-8-5-7-20-6-1-2-9-24(20)21)26-16-19-31-22-11-13-23(14-12-22)32(29,30)27-17-3-4-18-27/h1-2,5-9,11-14H,3-4,10,15-19H2,(H,26,28). The van der Waals surface area contributed by atoms with Crippen LogP contribution in [0.5, 0.6) is 5.75 Å². The number of amides is 1. The fourth-order valence-electron chi connectivity index (χ4n) is 3.99. The first kappa shape index (κ1) is 22.3. The van der Waals surface area contributed by atoms with E-state index in [1.165, 1.54) is 20.6 Å². The number of hydrogen-bond acceptors (Lipinski definition) is 4. The number of ether oxygens (including phenoxy) is 1. The van der Waals surface area contributed by atoms with Gasteiger partial charge in [0.05, 0.1) is 11.4 Å². The molecule has 0 atom stereocenters. The quantitative estimate of drug-likeness (QED) is 0.502. The van der Waals surface area contributed by atoms with Gasteiger partial charge in [-0.2, -0.15) is 4.31 Å². The zero-order chi connectivity index (χ0) is 22.4. The van der Waals surface area contributed by atoms with E-state index in [4.69, 9.17) is 4.74 Å². The lowest BCUT2D eigenvalue weighted by Crippen LogP contribution is -2.28. The normalized spacial score (nSPS) is 14.5. The van der Waals surface area contributed by atoms with Crippen molar-refractivity contribution in [2.75, 3.05) is 26.2 Å². The van der Waals surface area contributed by atoms with Gasteiger partial charge >= 0.3 is 0 Å². The smallest absolute Gasteiger partial charge is 0.243 e. The molecule has 1 fully saturated rings. The molecule has 0 radical (unpaired) electrons. The molecule has 6 nitrogen and oxygen atoms in total. The molecule has 1 aliphatic rings. The Morgan fingerprint density at radius 1 is 0.938 bits per heavy atom. The van der Waals surface area contributed by atoms with Crippen molar-refractivity contribution in [2.45, 2.75) is 30.6 Å². The Morgan fingerprint density at radius 2 is 1.66 bits per heavy atom. The highest BCUT2D eigenvalue weighted by molar-refractivity contribution is 7.89. The monoisotopic (exact) mass is 452 g/mol. The minimum absolute atomic E-state index is 0.0198. The van der Waals surface area contributed by atoms with Gasteiger partial charge in [-0.15, -0.1) is 0 Å². The number of nitrogens with zero attached hydrogens (tertiary/aromatic N) is 1. The highest BCUT2D eigenvalue weighted by Gasteiger charge is 2.26. The van der Waals surface area contributed by atoms with Crippen LogP contribution in [0.25, 0.3) is 10.8 Å². The first-order valence-electron chi connectivity index (χ1n) is 11.0. The third kappa shape index (κ3) is 5.29. The lowest BCUT2D eigenvalue weighted by molar-refractivity contribution is -0.121. The summed E-state index contributed by atoms with van der Waals surface area (Å²) in [6.07, 6.45) is 2.92. The summed E-state index contributed by atoms with van der Waals surface area (Å²) in [5.74, 6) is 0.559. The number of carbonyl (C=O) groups is 1. The van der Waals surface area contributed by atoms with Crippen molar-refractivity contribution in [3.63, 3.8) is 0 Å². The Labute approximate surface area is 189 Å². The van der Waals surface area contributed by atoms with E-state index in [1.807, 2.05) is 18.2 Å². The summed E-state index contributed by atoms with van der Waals surface area (Å²) in [5, 5.41) is 5.24. The molecule has 32 heavy (non-hydrogen) atoms. The number of sulfonamides is 1. The van der Waals surface area contributed by atoms with Gasteiger partial charge in [0.15, 0.2) is 0 Å². The van der Waals surface area contributed by atoms with Crippen LogP contribution in [0.4, 0.5) is 0 Å². The van der Waals surface area contributed by atoms with E-state index >= 15 is 0 Å². The van der Waals surface area contributed by atoms with Crippen LogP contribution in [-0.2, 0) is 21.2 Å². The van der Waals surface area contributed by atoms with E-state index in [0.717, 1.165) is 12.8 Å². The van der Waals surface area contributed by atoms with Gasteiger partial charge in [0, 0.05) is 19.5 Å². The molecule has 1 heterocycles. The van der Waals surface area contributed by atoms with Gasteiger partial charge in [0.25, 0.3) is 0 Å². The van der Waals surface area contributed by atoms with Crippen LogP contribution in [0.1, 0.15) is 24.8 Å². The van der Waals surface area contributed by atoms with Gasteiger partial charge in [0.2, 0.25) is 15.9 Å². The molecule has 4 rings (SSSR count). The second kappa shape index (κ2) is 10.1. The SMILES string of the molecule is O=C(CCc1cccc2ccccc12)NCCOc1ccc(S(=O)(=O)N2CCCC2)cc1. The average Bonchev–Trinajstić information content (AvgIpc) is 3.37. The van der Waals surface area contributed by atoms with Gasteiger partial charge in [0.1, 0.15) is 12.4 Å². The van der Waals surface area contributed by atoms with Crippen molar-refractivity contribution in [1.82, 2.24) is 9.62 Å². The number of aryl methyl sites for hydroxylation is 1. The molecule has 0 saturated carbocycles. The second-order valence-electron chi connectivity index (χ2n) is 7.92. The number of carbonyl (C=O) groups excluding carboxylic acids is 1. The molecule has 0 spiro atoms. The van der Waals surface area contributed by atoms with Crippen molar-refractivity contribution in [3.8, 4) is 5.75 Å². The largest absolute Gasteiger partial charge is 0.492 e. The summed E-state index contributed by atoms with van der Waals surface area (Å²) in [6.45, 7) is 1.88. The fourth-order valence-corrected chi connectivity index (χ4v) is 5.51. The Bertz CT molecular complexity index is 1160. The first-order valence-corrected chi connectivity index (χ1v) is 12.4. The van der Waals surface area contributed by atoms with Crippen LogP contribution < -0.4 is 10.1 Å². The minimum Gasteiger partial charge on any atom is -0.492 e. The Morgan fingerprint density at radius 3 is 2.44 bits per heavy atom. The van der Waals surface area contributed by atoms with Crippen molar-refractivity contribution in [3.05, 3.63) is 72.3 Å². The molecule has 168 valence electrons. The molecule has 1 N–H and O–H groups in total. The van der Waals surface area contributed by atoms with E-state index < -0.39 is 10.0 Å². The predicted molar refractivity (Wildman–Crippen MR) is 125 cm³/mol. The van der Waals surface area contributed by atoms with Crippen LogP contribution in [0, 0.1) is 0 Å².